The van der Waals surface area contributed by atoms with E-state index in [4.69, 9.17) is 15.2 Å². The Morgan fingerprint density at radius 1 is 1.19 bits per heavy atom. The summed E-state index contributed by atoms with van der Waals surface area (Å²) in [5, 5.41) is 0. The third kappa shape index (κ3) is 4.61. The highest BCUT2D eigenvalue weighted by molar-refractivity contribution is 5.43. The average molecular weight is 292 g/mol. The molecule has 0 spiro atoms. The third-order valence-corrected chi connectivity index (χ3v) is 3.76. The molecule has 0 amide bonds. The van der Waals surface area contributed by atoms with Crippen LogP contribution in [0.1, 0.15) is 32.8 Å². The molecule has 0 bridgehead atoms. The Kier molecular flexibility index (Phi) is 5.48. The van der Waals surface area contributed by atoms with Crippen molar-refractivity contribution in [3.8, 4) is 11.5 Å². The summed E-state index contributed by atoms with van der Waals surface area (Å²) in [6, 6.07) is 6.25. The first-order valence-corrected chi connectivity index (χ1v) is 7.85. The molecule has 118 valence electrons. The van der Waals surface area contributed by atoms with Gasteiger partial charge in [-0.15, -0.1) is 0 Å². The van der Waals surface area contributed by atoms with E-state index in [0.29, 0.717) is 19.8 Å². The molecule has 0 saturated heterocycles. The summed E-state index contributed by atoms with van der Waals surface area (Å²) in [5.41, 5.74) is 7.28. The van der Waals surface area contributed by atoms with Gasteiger partial charge < -0.3 is 15.2 Å². The highest BCUT2D eigenvalue weighted by atomic mass is 16.6. The van der Waals surface area contributed by atoms with Crippen LogP contribution >= 0.6 is 0 Å². The number of ether oxygens (including phenoxy) is 2. The van der Waals surface area contributed by atoms with Crippen molar-refractivity contribution in [2.75, 3.05) is 32.8 Å². The van der Waals surface area contributed by atoms with Gasteiger partial charge in [0.05, 0.1) is 0 Å². The Hall–Kier alpha value is -1.26. The number of hydrogen-bond donors (Lipinski definition) is 1. The summed E-state index contributed by atoms with van der Waals surface area (Å²) >= 11 is 0. The monoisotopic (exact) mass is 292 g/mol. The normalized spacial score (nSPS) is 14.5. The molecule has 1 aromatic carbocycles. The van der Waals surface area contributed by atoms with E-state index in [9.17, 15) is 0 Å². The molecule has 1 aromatic rings. The highest BCUT2D eigenvalue weighted by Crippen LogP contribution is 2.31. The molecule has 1 heterocycles. The summed E-state index contributed by atoms with van der Waals surface area (Å²) in [6.07, 6.45) is 1.14. The van der Waals surface area contributed by atoms with Crippen LogP contribution in [-0.2, 0) is 6.54 Å². The molecular formula is C17H28N2O2. The van der Waals surface area contributed by atoms with Gasteiger partial charge in [-0.05, 0) is 42.6 Å². The maximum absolute atomic E-state index is 5.87. The lowest BCUT2D eigenvalue weighted by atomic mass is 9.93. The Balaban J connectivity index is 2.05. The second-order valence-electron chi connectivity index (χ2n) is 6.56. The van der Waals surface area contributed by atoms with E-state index < -0.39 is 0 Å². The predicted molar refractivity (Wildman–Crippen MR) is 85.8 cm³/mol. The number of hydrogen-bond acceptors (Lipinski definition) is 4. The standard InChI is InChI=1S/C17H28N2O2/c1-4-7-19(13-17(2,3)12-18)11-14-5-6-15-16(10-14)21-9-8-20-15/h5-6,10H,4,7-9,11-13,18H2,1-3H3. The Labute approximate surface area is 128 Å². The quantitative estimate of drug-likeness (QED) is 0.839. The molecule has 4 heteroatoms. The van der Waals surface area contributed by atoms with Gasteiger partial charge in [-0.1, -0.05) is 26.8 Å². The Morgan fingerprint density at radius 2 is 1.90 bits per heavy atom. The van der Waals surface area contributed by atoms with Crippen LogP contribution in [0.2, 0.25) is 0 Å². The molecular weight excluding hydrogens is 264 g/mol. The first-order chi connectivity index (χ1) is 10.0. The first kappa shape index (κ1) is 16.1. The van der Waals surface area contributed by atoms with Gasteiger partial charge in [-0.3, -0.25) is 4.90 Å². The van der Waals surface area contributed by atoms with Crippen LogP contribution < -0.4 is 15.2 Å². The molecule has 2 N–H and O–H groups in total. The third-order valence-electron chi connectivity index (χ3n) is 3.76. The minimum Gasteiger partial charge on any atom is -0.486 e. The zero-order valence-electron chi connectivity index (χ0n) is 13.5. The maximum Gasteiger partial charge on any atom is 0.161 e. The van der Waals surface area contributed by atoms with Crippen LogP contribution in [0.3, 0.4) is 0 Å². The molecule has 1 aliphatic heterocycles. The van der Waals surface area contributed by atoms with Crippen LogP contribution in [0, 0.1) is 5.41 Å². The summed E-state index contributed by atoms with van der Waals surface area (Å²) in [6.45, 7) is 11.6. The SMILES string of the molecule is CCCN(Cc1ccc2c(c1)OCCO2)CC(C)(C)CN. The van der Waals surface area contributed by atoms with Crippen LogP contribution in [-0.4, -0.2) is 37.7 Å². The fourth-order valence-electron chi connectivity index (χ4n) is 2.64. The van der Waals surface area contributed by atoms with E-state index in [1.807, 2.05) is 6.07 Å². The summed E-state index contributed by atoms with van der Waals surface area (Å²) in [5.74, 6) is 1.72. The van der Waals surface area contributed by atoms with Crippen molar-refractivity contribution in [1.82, 2.24) is 4.90 Å². The van der Waals surface area contributed by atoms with Gasteiger partial charge in [-0.25, -0.2) is 0 Å². The van der Waals surface area contributed by atoms with Gasteiger partial charge in [0.15, 0.2) is 11.5 Å². The fraction of sp³-hybridized carbons (Fsp3) is 0.647. The second kappa shape index (κ2) is 7.14. The minimum atomic E-state index is 0.142. The van der Waals surface area contributed by atoms with Crippen molar-refractivity contribution in [1.29, 1.82) is 0 Å². The average Bonchev–Trinajstić information content (AvgIpc) is 2.47. The number of benzene rings is 1. The summed E-state index contributed by atoms with van der Waals surface area (Å²) in [7, 11) is 0. The lowest BCUT2D eigenvalue weighted by Gasteiger charge is -2.32. The Bertz CT molecular complexity index is 460. The number of rotatable bonds is 7. The summed E-state index contributed by atoms with van der Waals surface area (Å²) < 4.78 is 11.2. The molecule has 0 aliphatic carbocycles. The lowest BCUT2D eigenvalue weighted by Crippen LogP contribution is -2.38. The molecule has 1 aliphatic rings. The van der Waals surface area contributed by atoms with Crippen molar-refractivity contribution < 1.29 is 9.47 Å². The molecule has 0 atom stereocenters. The largest absolute Gasteiger partial charge is 0.486 e. The maximum atomic E-state index is 5.87. The lowest BCUT2D eigenvalue weighted by molar-refractivity contribution is 0.167. The van der Waals surface area contributed by atoms with Crippen LogP contribution in [0.5, 0.6) is 11.5 Å². The van der Waals surface area contributed by atoms with E-state index in [1.54, 1.807) is 0 Å². The van der Waals surface area contributed by atoms with Crippen LogP contribution in [0.25, 0.3) is 0 Å². The van der Waals surface area contributed by atoms with Gasteiger partial charge in [0.25, 0.3) is 0 Å². The first-order valence-electron chi connectivity index (χ1n) is 7.85. The predicted octanol–water partition coefficient (Wildman–Crippen LogP) is 2.65. The molecule has 0 fully saturated rings. The molecule has 4 nitrogen and oxygen atoms in total. The van der Waals surface area contributed by atoms with Gasteiger partial charge in [0.2, 0.25) is 0 Å². The Morgan fingerprint density at radius 3 is 2.57 bits per heavy atom. The van der Waals surface area contributed by atoms with Gasteiger partial charge in [0, 0.05) is 13.1 Å². The van der Waals surface area contributed by atoms with Gasteiger partial charge >= 0.3 is 0 Å². The highest BCUT2D eigenvalue weighted by Gasteiger charge is 2.20. The van der Waals surface area contributed by atoms with E-state index >= 15 is 0 Å². The van der Waals surface area contributed by atoms with Crippen LogP contribution in [0.15, 0.2) is 18.2 Å². The molecule has 2 rings (SSSR count). The van der Waals surface area contributed by atoms with E-state index in [0.717, 1.165) is 37.6 Å². The minimum absolute atomic E-state index is 0.142. The number of fused-ring (bicyclic) bond motifs is 1. The van der Waals surface area contributed by atoms with Crippen molar-refractivity contribution in [2.24, 2.45) is 11.1 Å². The fourth-order valence-corrected chi connectivity index (χ4v) is 2.64. The van der Waals surface area contributed by atoms with E-state index in [1.165, 1.54) is 5.56 Å². The molecule has 0 radical (unpaired) electrons. The van der Waals surface area contributed by atoms with E-state index in [-0.39, 0.29) is 5.41 Å². The van der Waals surface area contributed by atoms with Crippen molar-refractivity contribution in [2.45, 2.75) is 33.7 Å². The van der Waals surface area contributed by atoms with Gasteiger partial charge in [-0.2, -0.15) is 0 Å². The van der Waals surface area contributed by atoms with Gasteiger partial charge in [0.1, 0.15) is 13.2 Å². The molecule has 0 unspecified atom stereocenters. The topological polar surface area (TPSA) is 47.7 Å². The second-order valence-corrected chi connectivity index (χ2v) is 6.56. The van der Waals surface area contributed by atoms with Crippen LogP contribution in [0.4, 0.5) is 0 Å². The van der Waals surface area contributed by atoms with Crippen molar-refractivity contribution in [3.05, 3.63) is 23.8 Å². The van der Waals surface area contributed by atoms with Crippen molar-refractivity contribution >= 4 is 0 Å². The summed E-state index contributed by atoms with van der Waals surface area (Å²) in [4.78, 5) is 2.47. The zero-order valence-corrected chi connectivity index (χ0v) is 13.5. The van der Waals surface area contributed by atoms with Crippen molar-refractivity contribution in [3.63, 3.8) is 0 Å². The molecule has 0 aromatic heterocycles. The number of nitrogens with two attached hydrogens (primary N) is 1. The number of nitrogens with zero attached hydrogens (tertiary/aromatic N) is 1. The molecule has 0 saturated carbocycles. The van der Waals surface area contributed by atoms with E-state index in [2.05, 4.69) is 37.8 Å². The zero-order chi connectivity index (χ0) is 15.3. The smallest absolute Gasteiger partial charge is 0.161 e. The molecule has 21 heavy (non-hydrogen) atoms.